The summed E-state index contributed by atoms with van der Waals surface area (Å²) < 4.78 is 12.3. The minimum atomic E-state index is -0.122. The van der Waals surface area contributed by atoms with E-state index in [1.165, 1.54) is 0 Å². The van der Waals surface area contributed by atoms with Crippen LogP contribution in [0, 0.1) is 0 Å². The topological polar surface area (TPSA) is 47.6 Å². The second-order valence-electron chi connectivity index (χ2n) is 5.46. The number of nitrogens with one attached hydrogen (secondary N) is 1. The first-order valence-corrected chi connectivity index (χ1v) is 8.39. The van der Waals surface area contributed by atoms with Gasteiger partial charge in [-0.15, -0.1) is 0 Å². The van der Waals surface area contributed by atoms with Crippen molar-refractivity contribution in [3.05, 3.63) is 58.1 Å². The molecule has 1 N–H and O–H groups in total. The highest BCUT2D eigenvalue weighted by Gasteiger charge is 2.15. The second kappa shape index (κ2) is 7.04. The molecule has 3 rings (SSSR count). The fourth-order valence-electron chi connectivity index (χ4n) is 2.41. The van der Waals surface area contributed by atoms with Crippen molar-refractivity contribution in [3.8, 4) is 11.5 Å². The number of ether oxygens (including phenoxy) is 2. The van der Waals surface area contributed by atoms with Crippen LogP contribution >= 0.6 is 15.9 Å². The van der Waals surface area contributed by atoms with Gasteiger partial charge in [-0.25, -0.2) is 0 Å². The number of rotatable bonds is 3. The molecule has 5 heteroatoms. The highest BCUT2D eigenvalue weighted by atomic mass is 79.9. The summed E-state index contributed by atoms with van der Waals surface area (Å²) in [5.74, 6) is 1.40. The molecule has 120 valence electrons. The lowest BCUT2D eigenvalue weighted by atomic mass is 10.1. The summed E-state index contributed by atoms with van der Waals surface area (Å²) in [6.45, 7) is 3.27. The average Bonchev–Trinajstić information content (AvgIpc) is 2.79. The van der Waals surface area contributed by atoms with Crippen LogP contribution in [0.2, 0.25) is 0 Å². The van der Waals surface area contributed by atoms with Crippen molar-refractivity contribution < 1.29 is 14.3 Å². The number of carbonyl (C=O) groups excluding carboxylic acids is 1. The molecule has 0 saturated heterocycles. The fraction of sp³-hybridized carbons (Fsp3) is 0.278. The molecule has 23 heavy (non-hydrogen) atoms. The van der Waals surface area contributed by atoms with Crippen molar-refractivity contribution in [1.29, 1.82) is 0 Å². The molecule has 1 unspecified atom stereocenters. The van der Waals surface area contributed by atoms with Gasteiger partial charge in [-0.2, -0.15) is 0 Å². The fourth-order valence-corrected chi connectivity index (χ4v) is 2.68. The molecule has 1 heterocycles. The van der Waals surface area contributed by atoms with E-state index in [2.05, 4.69) is 21.2 Å². The SMILES string of the molecule is CC(NC(=O)c1ccc(Br)cc1)c1ccc2c(c1)OCCCO2. The standard InChI is InChI=1S/C18H18BrNO3/c1-12(20-18(21)13-3-6-15(19)7-4-13)14-5-8-16-17(11-14)23-10-2-9-22-16/h3-8,11-12H,2,9-10H2,1H3,(H,20,21). The van der Waals surface area contributed by atoms with Gasteiger partial charge in [0.25, 0.3) is 5.91 Å². The van der Waals surface area contributed by atoms with Crippen molar-refractivity contribution in [1.82, 2.24) is 5.32 Å². The van der Waals surface area contributed by atoms with Crippen LogP contribution in [0.15, 0.2) is 46.9 Å². The Balaban J connectivity index is 1.72. The predicted molar refractivity (Wildman–Crippen MR) is 92.1 cm³/mol. The van der Waals surface area contributed by atoms with Crippen molar-refractivity contribution >= 4 is 21.8 Å². The molecule has 0 fully saturated rings. The molecule has 0 radical (unpaired) electrons. The molecule has 1 aliphatic rings. The first-order chi connectivity index (χ1) is 11.1. The zero-order chi connectivity index (χ0) is 16.2. The Morgan fingerprint density at radius 1 is 1.09 bits per heavy atom. The average molecular weight is 376 g/mol. The molecule has 0 spiro atoms. The molecule has 0 bridgehead atoms. The summed E-state index contributed by atoms with van der Waals surface area (Å²) >= 11 is 3.37. The van der Waals surface area contributed by atoms with Crippen LogP contribution in [-0.4, -0.2) is 19.1 Å². The summed E-state index contributed by atoms with van der Waals surface area (Å²) in [4.78, 5) is 12.3. The van der Waals surface area contributed by atoms with Gasteiger partial charge in [0.05, 0.1) is 19.3 Å². The van der Waals surface area contributed by atoms with Gasteiger partial charge in [-0.05, 0) is 48.9 Å². The Labute approximate surface area is 143 Å². The minimum absolute atomic E-state index is 0.0999. The van der Waals surface area contributed by atoms with Gasteiger partial charge in [0.2, 0.25) is 0 Å². The smallest absolute Gasteiger partial charge is 0.251 e. The number of halogens is 1. The summed E-state index contributed by atoms with van der Waals surface area (Å²) in [7, 11) is 0. The largest absolute Gasteiger partial charge is 0.490 e. The molecule has 0 saturated carbocycles. The summed E-state index contributed by atoms with van der Waals surface area (Å²) in [6, 6.07) is 13.0. The van der Waals surface area contributed by atoms with Crippen molar-refractivity contribution in [2.45, 2.75) is 19.4 Å². The summed E-state index contributed by atoms with van der Waals surface area (Å²) in [5.41, 5.74) is 1.62. The third kappa shape index (κ3) is 3.85. The van der Waals surface area contributed by atoms with Crippen LogP contribution in [0.1, 0.15) is 35.3 Å². The van der Waals surface area contributed by atoms with E-state index >= 15 is 0 Å². The number of fused-ring (bicyclic) bond motifs is 1. The van der Waals surface area contributed by atoms with Crippen LogP contribution in [0.3, 0.4) is 0 Å². The molecule has 0 aliphatic carbocycles. The molecular formula is C18H18BrNO3. The zero-order valence-corrected chi connectivity index (χ0v) is 14.4. The van der Waals surface area contributed by atoms with Gasteiger partial charge < -0.3 is 14.8 Å². The minimum Gasteiger partial charge on any atom is -0.490 e. The lowest BCUT2D eigenvalue weighted by molar-refractivity contribution is 0.0940. The van der Waals surface area contributed by atoms with E-state index in [1.807, 2.05) is 37.3 Å². The Morgan fingerprint density at radius 2 is 1.78 bits per heavy atom. The van der Waals surface area contributed by atoms with Gasteiger partial charge in [0, 0.05) is 16.5 Å². The highest BCUT2D eigenvalue weighted by molar-refractivity contribution is 9.10. The summed E-state index contributed by atoms with van der Waals surface area (Å²) in [6.07, 6.45) is 0.875. The second-order valence-corrected chi connectivity index (χ2v) is 6.37. The van der Waals surface area contributed by atoms with Crippen molar-refractivity contribution in [2.75, 3.05) is 13.2 Å². The van der Waals surface area contributed by atoms with E-state index in [0.29, 0.717) is 18.8 Å². The lowest BCUT2D eigenvalue weighted by Gasteiger charge is -2.16. The van der Waals surface area contributed by atoms with Crippen molar-refractivity contribution in [3.63, 3.8) is 0 Å². The maximum absolute atomic E-state index is 12.3. The number of benzene rings is 2. The predicted octanol–water partition coefficient (Wildman–Crippen LogP) is 4.10. The first-order valence-electron chi connectivity index (χ1n) is 7.59. The van der Waals surface area contributed by atoms with E-state index in [1.54, 1.807) is 12.1 Å². The van der Waals surface area contributed by atoms with Crippen LogP contribution in [0.25, 0.3) is 0 Å². The molecule has 2 aromatic rings. The van der Waals surface area contributed by atoms with E-state index < -0.39 is 0 Å². The molecule has 0 aromatic heterocycles. The normalized spacial score (nSPS) is 14.7. The molecule has 2 aromatic carbocycles. The van der Waals surface area contributed by atoms with Gasteiger partial charge in [0.15, 0.2) is 11.5 Å². The molecular weight excluding hydrogens is 358 g/mol. The molecule has 1 aliphatic heterocycles. The van der Waals surface area contributed by atoms with Gasteiger partial charge in [0.1, 0.15) is 0 Å². The Morgan fingerprint density at radius 3 is 2.52 bits per heavy atom. The Hall–Kier alpha value is -2.01. The lowest BCUT2D eigenvalue weighted by Crippen LogP contribution is -2.26. The molecule has 4 nitrogen and oxygen atoms in total. The first kappa shape index (κ1) is 15.9. The maximum Gasteiger partial charge on any atom is 0.251 e. The maximum atomic E-state index is 12.3. The highest BCUT2D eigenvalue weighted by Crippen LogP contribution is 2.32. The zero-order valence-electron chi connectivity index (χ0n) is 12.8. The number of hydrogen-bond acceptors (Lipinski definition) is 3. The Kier molecular flexibility index (Phi) is 4.86. The Bertz CT molecular complexity index is 700. The van der Waals surface area contributed by atoms with Gasteiger partial charge in [-0.3, -0.25) is 4.79 Å². The van der Waals surface area contributed by atoms with Crippen molar-refractivity contribution in [2.24, 2.45) is 0 Å². The monoisotopic (exact) mass is 375 g/mol. The van der Waals surface area contributed by atoms with Crippen LogP contribution < -0.4 is 14.8 Å². The van der Waals surface area contributed by atoms with E-state index in [9.17, 15) is 4.79 Å². The van der Waals surface area contributed by atoms with Crippen LogP contribution in [-0.2, 0) is 0 Å². The quantitative estimate of drug-likeness (QED) is 0.878. The van der Waals surface area contributed by atoms with Crippen LogP contribution in [0.5, 0.6) is 11.5 Å². The third-order valence-corrected chi connectivity index (χ3v) is 4.25. The number of hydrogen-bond donors (Lipinski definition) is 1. The van der Waals surface area contributed by atoms with Gasteiger partial charge >= 0.3 is 0 Å². The van der Waals surface area contributed by atoms with Crippen LogP contribution in [0.4, 0.5) is 0 Å². The molecule has 1 atom stereocenters. The van der Waals surface area contributed by atoms with E-state index in [4.69, 9.17) is 9.47 Å². The van der Waals surface area contributed by atoms with E-state index in [-0.39, 0.29) is 11.9 Å². The van der Waals surface area contributed by atoms with E-state index in [0.717, 1.165) is 28.0 Å². The third-order valence-electron chi connectivity index (χ3n) is 3.73. The molecule has 1 amide bonds. The van der Waals surface area contributed by atoms with Gasteiger partial charge in [-0.1, -0.05) is 22.0 Å². The summed E-state index contributed by atoms with van der Waals surface area (Å²) in [5, 5.41) is 3.00. The number of carbonyl (C=O) groups is 1. The number of amides is 1.